The molecule has 2 aromatic heterocycles. The van der Waals surface area contributed by atoms with Crippen LogP contribution in [-0.4, -0.2) is 41.5 Å². The van der Waals surface area contributed by atoms with Gasteiger partial charge in [0.25, 0.3) is 0 Å². The van der Waals surface area contributed by atoms with Gasteiger partial charge in [-0.3, -0.25) is 4.90 Å². The summed E-state index contributed by atoms with van der Waals surface area (Å²) in [4.78, 5) is 3.22. The molecule has 0 unspecified atom stereocenters. The smallest absolute Gasteiger partial charge is 0.138 e. The average molecular weight is 310 g/mol. The summed E-state index contributed by atoms with van der Waals surface area (Å²) < 4.78 is 10.7. The highest BCUT2D eigenvalue weighted by Gasteiger charge is 2.14. The van der Waals surface area contributed by atoms with Gasteiger partial charge in [0.15, 0.2) is 0 Å². The molecule has 1 N–H and O–H groups in total. The van der Waals surface area contributed by atoms with Crippen LogP contribution < -0.4 is 0 Å². The van der Waals surface area contributed by atoms with Crippen LogP contribution in [0, 0.1) is 13.8 Å². The van der Waals surface area contributed by atoms with Crippen molar-refractivity contribution in [2.75, 3.05) is 20.2 Å². The third-order valence-electron chi connectivity index (χ3n) is 3.27. The van der Waals surface area contributed by atoms with Crippen molar-refractivity contribution in [1.82, 2.24) is 10.1 Å². The van der Waals surface area contributed by atoms with E-state index in [1.54, 1.807) is 11.3 Å². The Morgan fingerprint density at radius 3 is 2.90 bits per heavy atom. The molecule has 0 radical (unpaired) electrons. The van der Waals surface area contributed by atoms with Crippen LogP contribution in [0.15, 0.2) is 22.0 Å². The number of nitrogens with zero attached hydrogens (tertiary/aromatic N) is 2. The van der Waals surface area contributed by atoms with Gasteiger partial charge < -0.3 is 14.4 Å². The highest BCUT2D eigenvalue weighted by molar-refractivity contribution is 7.09. The first-order valence-electron chi connectivity index (χ1n) is 6.94. The van der Waals surface area contributed by atoms with Crippen molar-refractivity contribution < 1.29 is 14.4 Å². The maximum Gasteiger partial charge on any atom is 0.138 e. The molecular formula is C15H22N2O3S. The van der Waals surface area contributed by atoms with Gasteiger partial charge in [-0.25, -0.2) is 0 Å². The Bertz CT molecular complexity index is 520. The fraction of sp³-hybridized carbons (Fsp3) is 0.533. The predicted molar refractivity (Wildman–Crippen MR) is 82.3 cm³/mol. The lowest BCUT2D eigenvalue weighted by atomic mass is 10.2. The van der Waals surface area contributed by atoms with Gasteiger partial charge in [-0.05, 0) is 32.3 Å². The maximum absolute atomic E-state index is 10.0. The highest BCUT2D eigenvalue weighted by Crippen LogP contribution is 2.14. The molecule has 5 nitrogen and oxygen atoms in total. The van der Waals surface area contributed by atoms with Gasteiger partial charge in [0.1, 0.15) is 5.76 Å². The third kappa shape index (κ3) is 4.93. The molecule has 116 valence electrons. The first kappa shape index (κ1) is 16.2. The van der Waals surface area contributed by atoms with Crippen molar-refractivity contribution in [3.8, 4) is 0 Å². The van der Waals surface area contributed by atoms with E-state index in [9.17, 15) is 5.11 Å². The molecule has 0 aromatic carbocycles. The Morgan fingerprint density at radius 2 is 2.29 bits per heavy atom. The molecule has 6 heteroatoms. The fourth-order valence-electron chi connectivity index (χ4n) is 2.16. The summed E-state index contributed by atoms with van der Waals surface area (Å²) in [6.07, 6.45) is -0.504. The van der Waals surface area contributed by atoms with E-state index < -0.39 is 6.10 Å². The number of aryl methyl sites for hydroxylation is 2. The van der Waals surface area contributed by atoms with Crippen molar-refractivity contribution in [3.05, 3.63) is 39.4 Å². The third-order valence-corrected chi connectivity index (χ3v) is 4.12. The van der Waals surface area contributed by atoms with E-state index >= 15 is 0 Å². The zero-order valence-electron chi connectivity index (χ0n) is 12.7. The van der Waals surface area contributed by atoms with Gasteiger partial charge in [0, 0.05) is 23.5 Å². The molecule has 0 bridgehead atoms. The summed E-state index contributed by atoms with van der Waals surface area (Å²) in [6.45, 7) is 5.99. The number of aliphatic hydroxyl groups is 1. The number of hydrogen-bond donors (Lipinski definition) is 1. The SMILES string of the molecule is Cc1noc(C)c1CN(C)C[C@@H](O)COCc1cccs1. The second-order valence-electron chi connectivity index (χ2n) is 5.25. The molecule has 1 atom stereocenters. The number of hydrogen-bond acceptors (Lipinski definition) is 6. The minimum absolute atomic E-state index is 0.337. The van der Waals surface area contributed by atoms with E-state index in [0.29, 0.717) is 26.3 Å². The minimum Gasteiger partial charge on any atom is -0.389 e. The van der Waals surface area contributed by atoms with Crippen LogP contribution in [0.3, 0.4) is 0 Å². The standard InChI is InChI=1S/C15H22N2O3S/c1-11-15(12(2)20-16-11)8-17(3)7-13(18)9-19-10-14-5-4-6-21-14/h4-6,13,18H,7-10H2,1-3H3/t13-/m1/s1. The highest BCUT2D eigenvalue weighted by atomic mass is 32.1. The van der Waals surface area contributed by atoms with Crippen LogP contribution in [-0.2, 0) is 17.9 Å². The normalized spacial score (nSPS) is 13.0. The van der Waals surface area contributed by atoms with Crippen LogP contribution in [0.5, 0.6) is 0 Å². The Morgan fingerprint density at radius 1 is 1.48 bits per heavy atom. The molecule has 2 heterocycles. The molecule has 0 amide bonds. The second kappa shape index (κ2) is 7.70. The van der Waals surface area contributed by atoms with E-state index in [1.807, 2.05) is 43.3 Å². The summed E-state index contributed by atoms with van der Waals surface area (Å²) in [6, 6.07) is 4.03. The number of aliphatic hydroxyl groups excluding tert-OH is 1. The molecule has 0 spiro atoms. The lowest BCUT2D eigenvalue weighted by molar-refractivity contribution is 0.0134. The van der Waals surface area contributed by atoms with Gasteiger partial charge in [-0.1, -0.05) is 11.2 Å². The zero-order valence-corrected chi connectivity index (χ0v) is 13.5. The largest absolute Gasteiger partial charge is 0.389 e. The molecule has 0 aliphatic heterocycles. The van der Waals surface area contributed by atoms with Crippen LogP contribution in [0.1, 0.15) is 21.9 Å². The van der Waals surface area contributed by atoms with Crippen molar-refractivity contribution in [1.29, 1.82) is 0 Å². The molecule has 0 aliphatic carbocycles. The summed E-state index contributed by atoms with van der Waals surface area (Å²) in [5.41, 5.74) is 1.99. The molecule has 0 saturated carbocycles. The molecule has 0 aliphatic rings. The molecule has 0 fully saturated rings. The van der Waals surface area contributed by atoms with Crippen LogP contribution in [0.2, 0.25) is 0 Å². The quantitative estimate of drug-likeness (QED) is 0.811. The Kier molecular flexibility index (Phi) is 5.93. The zero-order chi connectivity index (χ0) is 15.2. The lowest BCUT2D eigenvalue weighted by Gasteiger charge is -2.20. The molecule has 21 heavy (non-hydrogen) atoms. The van der Waals surface area contributed by atoms with Crippen molar-refractivity contribution in [2.45, 2.75) is 33.1 Å². The van der Waals surface area contributed by atoms with Crippen molar-refractivity contribution >= 4 is 11.3 Å². The first-order valence-corrected chi connectivity index (χ1v) is 7.82. The second-order valence-corrected chi connectivity index (χ2v) is 6.28. The van der Waals surface area contributed by atoms with Crippen LogP contribution in [0.4, 0.5) is 0 Å². The number of likely N-dealkylation sites (N-methyl/N-ethyl adjacent to an activating group) is 1. The molecular weight excluding hydrogens is 288 g/mol. The Labute approximate surface area is 129 Å². The Hall–Kier alpha value is -1.21. The molecule has 0 saturated heterocycles. The monoisotopic (exact) mass is 310 g/mol. The lowest BCUT2D eigenvalue weighted by Crippen LogP contribution is -2.32. The van der Waals surface area contributed by atoms with E-state index in [4.69, 9.17) is 9.26 Å². The van der Waals surface area contributed by atoms with Gasteiger partial charge in [-0.2, -0.15) is 0 Å². The van der Waals surface area contributed by atoms with Gasteiger partial charge >= 0.3 is 0 Å². The van der Waals surface area contributed by atoms with Gasteiger partial charge in [-0.15, -0.1) is 11.3 Å². The first-order chi connectivity index (χ1) is 10.1. The van der Waals surface area contributed by atoms with E-state index in [-0.39, 0.29) is 0 Å². The maximum atomic E-state index is 10.0. The summed E-state index contributed by atoms with van der Waals surface area (Å²) in [7, 11) is 1.97. The number of ether oxygens (including phenoxy) is 1. The summed E-state index contributed by atoms with van der Waals surface area (Å²) in [5, 5.41) is 16.0. The van der Waals surface area contributed by atoms with E-state index in [1.165, 1.54) is 4.88 Å². The molecule has 2 aromatic rings. The van der Waals surface area contributed by atoms with E-state index in [2.05, 4.69) is 5.16 Å². The molecule has 2 rings (SSSR count). The fourth-order valence-corrected chi connectivity index (χ4v) is 2.81. The minimum atomic E-state index is -0.504. The Balaban J connectivity index is 1.70. The van der Waals surface area contributed by atoms with Crippen LogP contribution >= 0.6 is 11.3 Å². The summed E-state index contributed by atoms with van der Waals surface area (Å²) >= 11 is 1.66. The van der Waals surface area contributed by atoms with Crippen molar-refractivity contribution in [2.24, 2.45) is 0 Å². The topological polar surface area (TPSA) is 58.7 Å². The number of thiophene rings is 1. The van der Waals surface area contributed by atoms with Crippen LogP contribution in [0.25, 0.3) is 0 Å². The van der Waals surface area contributed by atoms with Gasteiger partial charge in [0.2, 0.25) is 0 Å². The predicted octanol–water partition coefficient (Wildman–Crippen LogP) is 2.36. The number of aromatic nitrogens is 1. The van der Waals surface area contributed by atoms with Gasteiger partial charge in [0.05, 0.1) is 25.0 Å². The number of rotatable bonds is 8. The van der Waals surface area contributed by atoms with Crippen molar-refractivity contribution in [3.63, 3.8) is 0 Å². The van der Waals surface area contributed by atoms with E-state index in [0.717, 1.165) is 17.0 Å². The summed E-state index contributed by atoms with van der Waals surface area (Å²) in [5.74, 6) is 0.836. The average Bonchev–Trinajstić information content (AvgIpc) is 3.04.